The molecule has 0 unspecified atom stereocenters. The minimum atomic E-state index is -1.11. The average Bonchev–Trinajstić information content (AvgIpc) is 3.64. The van der Waals surface area contributed by atoms with Gasteiger partial charge in [-0.15, -0.1) is 0 Å². The van der Waals surface area contributed by atoms with Crippen LogP contribution in [0.2, 0.25) is 0 Å². The number of hydrogen-bond donors (Lipinski definition) is 5. The third-order valence-corrected chi connectivity index (χ3v) is 8.59. The number of alkyl carbamates (subject to hydrolysis) is 1. The molecular formula is C34H49N5O7. The summed E-state index contributed by atoms with van der Waals surface area (Å²) < 4.78 is 10.9. The molecule has 5 N–H and O–H groups in total. The summed E-state index contributed by atoms with van der Waals surface area (Å²) in [6, 6.07) is 6.42. The van der Waals surface area contributed by atoms with Crippen LogP contribution in [0.3, 0.4) is 0 Å². The molecule has 12 nitrogen and oxygen atoms in total. The Morgan fingerprint density at radius 3 is 2.30 bits per heavy atom. The van der Waals surface area contributed by atoms with Gasteiger partial charge in [-0.05, 0) is 38.7 Å². The van der Waals surface area contributed by atoms with Crippen LogP contribution in [0.4, 0.5) is 4.79 Å². The van der Waals surface area contributed by atoms with Crippen molar-refractivity contribution in [3.63, 3.8) is 0 Å². The molecule has 2 aromatic rings. The van der Waals surface area contributed by atoms with Gasteiger partial charge in [-0.3, -0.25) is 14.4 Å². The SMILES string of the molecule is C[C@H]1C[C@@H]([C@H](O)[C@H](CC2CCCCC2)NC(=O)[C@H](Cc2cnc[nH]2)NC(=O)[C@H](Cc2ccccc2)NC(=O)OC(C)(C)C)OC1=O. The van der Waals surface area contributed by atoms with Crippen LogP contribution in [-0.4, -0.2) is 74.9 Å². The average molecular weight is 640 g/mol. The van der Waals surface area contributed by atoms with E-state index in [0.717, 1.165) is 37.7 Å². The molecule has 1 saturated carbocycles. The Labute approximate surface area is 270 Å². The Balaban J connectivity index is 1.54. The number of aliphatic hydroxyl groups excluding tert-OH is 1. The zero-order valence-electron chi connectivity index (χ0n) is 27.3. The van der Waals surface area contributed by atoms with Crippen molar-refractivity contribution in [3.8, 4) is 0 Å². The predicted molar refractivity (Wildman–Crippen MR) is 170 cm³/mol. The van der Waals surface area contributed by atoms with E-state index in [1.807, 2.05) is 30.3 Å². The van der Waals surface area contributed by atoms with Crippen LogP contribution in [-0.2, 0) is 36.7 Å². The summed E-state index contributed by atoms with van der Waals surface area (Å²) >= 11 is 0. The molecule has 3 amide bonds. The third kappa shape index (κ3) is 10.6. The fourth-order valence-corrected chi connectivity index (χ4v) is 6.18. The molecule has 46 heavy (non-hydrogen) atoms. The van der Waals surface area contributed by atoms with E-state index in [0.29, 0.717) is 24.5 Å². The van der Waals surface area contributed by atoms with Crippen molar-refractivity contribution in [2.24, 2.45) is 11.8 Å². The number of amides is 3. The van der Waals surface area contributed by atoms with E-state index in [1.165, 1.54) is 6.33 Å². The number of esters is 1. The van der Waals surface area contributed by atoms with Crippen LogP contribution < -0.4 is 16.0 Å². The summed E-state index contributed by atoms with van der Waals surface area (Å²) in [5.74, 6) is -1.47. The Morgan fingerprint density at radius 1 is 1.02 bits per heavy atom. The number of imidazole rings is 1. The lowest BCUT2D eigenvalue weighted by Gasteiger charge is -2.33. The highest BCUT2D eigenvalue weighted by atomic mass is 16.6. The van der Waals surface area contributed by atoms with Crippen molar-refractivity contribution in [3.05, 3.63) is 54.1 Å². The summed E-state index contributed by atoms with van der Waals surface area (Å²) in [5.41, 5.74) is 0.646. The maximum atomic E-state index is 14.0. The lowest BCUT2D eigenvalue weighted by molar-refractivity contribution is -0.148. The number of H-pyrrole nitrogens is 1. The van der Waals surface area contributed by atoms with E-state index in [4.69, 9.17) is 9.47 Å². The Morgan fingerprint density at radius 2 is 1.70 bits per heavy atom. The molecule has 6 atom stereocenters. The van der Waals surface area contributed by atoms with Crippen molar-refractivity contribution >= 4 is 23.9 Å². The first kappa shape index (κ1) is 34.9. The van der Waals surface area contributed by atoms with Crippen molar-refractivity contribution < 1.29 is 33.8 Å². The molecule has 2 fully saturated rings. The highest BCUT2D eigenvalue weighted by Gasteiger charge is 2.41. The van der Waals surface area contributed by atoms with Gasteiger partial charge in [0.2, 0.25) is 11.8 Å². The number of hydrogen-bond acceptors (Lipinski definition) is 8. The second-order valence-corrected chi connectivity index (χ2v) is 13.7. The Kier molecular flexibility index (Phi) is 12.2. The van der Waals surface area contributed by atoms with Gasteiger partial charge in [0.1, 0.15) is 29.9 Å². The summed E-state index contributed by atoms with van der Waals surface area (Å²) in [6.07, 6.45) is 6.92. The number of nitrogens with one attached hydrogen (secondary N) is 4. The van der Waals surface area contributed by atoms with Gasteiger partial charge in [0.05, 0.1) is 18.3 Å². The van der Waals surface area contributed by atoms with E-state index in [1.54, 1.807) is 33.9 Å². The van der Waals surface area contributed by atoms with Crippen molar-refractivity contribution in [1.82, 2.24) is 25.9 Å². The molecule has 0 radical (unpaired) electrons. The molecule has 2 aliphatic rings. The monoisotopic (exact) mass is 639 g/mol. The summed E-state index contributed by atoms with van der Waals surface area (Å²) in [5, 5.41) is 19.9. The van der Waals surface area contributed by atoms with Gasteiger partial charge in [-0.2, -0.15) is 0 Å². The molecular weight excluding hydrogens is 590 g/mol. The van der Waals surface area contributed by atoms with Crippen LogP contribution >= 0.6 is 0 Å². The maximum Gasteiger partial charge on any atom is 0.408 e. The third-order valence-electron chi connectivity index (χ3n) is 8.59. The number of aromatic nitrogens is 2. The molecule has 1 aliphatic heterocycles. The molecule has 12 heteroatoms. The first-order valence-electron chi connectivity index (χ1n) is 16.4. The lowest BCUT2D eigenvalue weighted by Crippen LogP contribution is -2.58. The molecule has 1 saturated heterocycles. The van der Waals surface area contributed by atoms with E-state index in [9.17, 15) is 24.3 Å². The predicted octanol–water partition coefficient (Wildman–Crippen LogP) is 3.34. The smallest absolute Gasteiger partial charge is 0.408 e. The van der Waals surface area contributed by atoms with Crippen LogP contribution in [0.5, 0.6) is 0 Å². The first-order chi connectivity index (χ1) is 21.9. The van der Waals surface area contributed by atoms with Crippen LogP contribution in [0.1, 0.15) is 83.9 Å². The number of rotatable bonds is 13. The fraction of sp³-hybridized carbons (Fsp3) is 0.618. The van der Waals surface area contributed by atoms with Crippen molar-refractivity contribution in [2.75, 3.05) is 0 Å². The van der Waals surface area contributed by atoms with Gasteiger partial charge in [0.25, 0.3) is 0 Å². The van der Waals surface area contributed by atoms with Gasteiger partial charge in [0.15, 0.2) is 0 Å². The first-order valence-corrected chi connectivity index (χ1v) is 16.4. The van der Waals surface area contributed by atoms with E-state index in [-0.39, 0.29) is 24.7 Å². The van der Waals surface area contributed by atoms with E-state index >= 15 is 0 Å². The number of aliphatic hydroxyl groups is 1. The minimum Gasteiger partial charge on any atom is -0.459 e. The summed E-state index contributed by atoms with van der Waals surface area (Å²) in [6.45, 7) is 6.95. The largest absolute Gasteiger partial charge is 0.459 e. The molecule has 1 aromatic heterocycles. The topological polar surface area (TPSA) is 172 Å². The van der Waals surface area contributed by atoms with Crippen LogP contribution in [0.25, 0.3) is 0 Å². The van der Waals surface area contributed by atoms with Crippen molar-refractivity contribution in [2.45, 2.75) is 121 Å². The Hall–Kier alpha value is -3.93. The molecule has 0 spiro atoms. The fourth-order valence-electron chi connectivity index (χ4n) is 6.18. The zero-order valence-corrected chi connectivity index (χ0v) is 27.3. The van der Waals surface area contributed by atoms with Crippen LogP contribution in [0.15, 0.2) is 42.9 Å². The van der Waals surface area contributed by atoms with Crippen LogP contribution in [0, 0.1) is 11.8 Å². The molecule has 1 aliphatic carbocycles. The number of carbonyl (C=O) groups excluding carboxylic acids is 4. The Bertz CT molecular complexity index is 1290. The van der Waals surface area contributed by atoms with Crippen molar-refractivity contribution in [1.29, 1.82) is 0 Å². The van der Waals surface area contributed by atoms with Gasteiger partial charge in [-0.25, -0.2) is 9.78 Å². The number of aromatic amines is 1. The standard InChI is InChI=1S/C34H49N5O7/c1-21-15-28(45-32(21)43)29(40)25(16-22-11-7-5-8-12-22)37-31(42)27(18-24-19-35-20-36-24)38-30(41)26(17-23-13-9-6-10-14-23)39-33(44)46-34(2,3)4/h6,9-10,13-14,19-22,25-29,40H,5,7-8,11-12,15-18H2,1-4H3,(H,35,36)(H,37,42)(H,38,41)(H,39,44)/t21-,25-,26-,27-,28-,29+/m0/s1. The molecule has 1 aromatic carbocycles. The number of nitrogens with zero attached hydrogens (tertiary/aromatic N) is 1. The molecule has 0 bridgehead atoms. The number of benzene rings is 1. The quantitative estimate of drug-likeness (QED) is 0.208. The molecule has 252 valence electrons. The maximum absolute atomic E-state index is 14.0. The minimum absolute atomic E-state index is 0.0871. The normalized spacial score (nSPS) is 21.4. The van der Waals surface area contributed by atoms with Gasteiger partial charge >= 0.3 is 12.1 Å². The van der Waals surface area contributed by atoms with Gasteiger partial charge in [-0.1, -0.05) is 69.4 Å². The molecule has 4 rings (SSSR count). The molecule has 2 heterocycles. The van der Waals surface area contributed by atoms with Gasteiger partial charge in [0, 0.05) is 31.2 Å². The van der Waals surface area contributed by atoms with E-state index < -0.39 is 53.8 Å². The lowest BCUT2D eigenvalue weighted by atomic mass is 9.82. The number of cyclic esters (lactones) is 1. The van der Waals surface area contributed by atoms with E-state index in [2.05, 4.69) is 25.9 Å². The highest BCUT2D eigenvalue weighted by Crippen LogP contribution is 2.31. The number of carbonyl (C=O) groups is 4. The number of ether oxygens (including phenoxy) is 2. The summed E-state index contributed by atoms with van der Waals surface area (Å²) in [4.78, 5) is 59.8. The van der Waals surface area contributed by atoms with Gasteiger partial charge < -0.3 is 35.5 Å². The zero-order chi connectivity index (χ0) is 33.3. The summed E-state index contributed by atoms with van der Waals surface area (Å²) in [7, 11) is 0. The second kappa shape index (κ2) is 16.1. The highest BCUT2D eigenvalue weighted by molar-refractivity contribution is 5.91. The second-order valence-electron chi connectivity index (χ2n) is 13.7.